The molecule has 1 N–H and O–H groups in total. The Morgan fingerprint density at radius 3 is 2.83 bits per heavy atom. The first kappa shape index (κ1) is 17.1. The molecule has 0 bridgehead atoms. The van der Waals surface area contributed by atoms with Crippen LogP contribution in [0.25, 0.3) is 0 Å². The summed E-state index contributed by atoms with van der Waals surface area (Å²) in [5.74, 6) is -0.116. The summed E-state index contributed by atoms with van der Waals surface area (Å²) in [5, 5.41) is 9.16. The number of hydrogen-bond donors (Lipinski definition) is 1. The van der Waals surface area contributed by atoms with Gasteiger partial charge in [-0.2, -0.15) is 9.40 Å². The lowest BCUT2D eigenvalue weighted by Gasteiger charge is -2.25. The average molecular weight is 368 g/mol. The first-order chi connectivity index (χ1) is 11.4. The third-order valence-electron chi connectivity index (χ3n) is 3.98. The molecule has 130 valence electrons. The van der Waals surface area contributed by atoms with Gasteiger partial charge >= 0.3 is 0 Å². The van der Waals surface area contributed by atoms with Gasteiger partial charge in [-0.3, -0.25) is 9.48 Å². The van der Waals surface area contributed by atoms with E-state index in [2.05, 4.69) is 17.3 Å². The summed E-state index contributed by atoms with van der Waals surface area (Å²) in [4.78, 5) is 13.3. The van der Waals surface area contributed by atoms with Gasteiger partial charge in [0.05, 0.1) is 42.8 Å². The number of thiophene rings is 1. The largest absolute Gasteiger partial charge is 0.346 e. The minimum atomic E-state index is -3.20. The van der Waals surface area contributed by atoms with E-state index in [0.29, 0.717) is 31.7 Å². The Morgan fingerprint density at radius 2 is 2.17 bits per heavy atom. The number of amides is 1. The second-order valence-electron chi connectivity index (χ2n) is 5.78. The molecule has 1 aliphatic heterocycles. The van der Waals surface area contributed by atoms with Crippen molar-refractivity contribution < 1.29 is 13.2 Å². The number of hydrogen-bond acceptors (Lipinski definition) is 5. The Hall–Kier alpha value is -1.71. The molecule has 0 saturated carbocycles. The summed E-state index contributed by atoms with van der Waals surface area (Å²) in [6.07, 6.45) is 2.13. The van der Waals surface area contributed by atoms with Crippen LogP contribution in [0.3, 0.4) is 0 Å². The van der Waals surface area contributed by atoms with E-state index in [4.69, 9.17) is 0 Å². The Bertz CT molecular complexity index is 854. The highest BCUT2D eigenvalue weighted by atomic mass is 32.2. The van der Waals surface area contributed by atoms with E-state index in [1.807, 2.05) is 22.2 Å². The van der Waals surface area contributed by atoms with Crippen molar-refractivity contribution in [2.24, 2.45) is 0 Å². The Morgan fingerprint density at radius 1 is 1.38 bits per heavy atom. The molecular formula is C15H20N4O3S2. The van der Waals surface area contributed by atoms with Crippen molar-refractivity contribution in [3.05, 3.63) is 39.3 Å². The standard InChI is InChI=1S/C15H20N4O3S2/c1-3-14-6-11(10-23-14)15(20)16-8-12-7-13-9-18(24(2,21)22)4-5-19(13)17-12/h6-7,10H,3-5,8-9H2,1-2H3,(H,16,20). The highest BCUT2D eigenvalue weighted by molar-refractivity contribution is 7.88. The van der Waals surface area contributed by atoms with Crippen molar-refractivity contribution in [3.8, 4) is 0 Å². The van der Waals surface area contributed by atoms with Crippen LogP contribution in [-0.2, 0) is 36.1 Å². The maximum Gasteiger partial charge on any atom is 0.252 e. The van der Waals surface area contributed by atoms with Crippen LogP contribution in [0.2, 0.25) is 0 Å². The van der Waals surface area contributed by atoms with Crippen molar-refractivity contribution in [1.29, 1.82) is 0 Å². The minimum absolute atomic E-state index is 0.116. The van der Waals surface area contributed by atoms with Crippen molar-refractivity contribution in [3.63, 3.8) is 0 Å². The Kier molecular flexibility index (Phi) is 4.75. The van der Waals surface area contributed by atoms with Crippen LogP contribution in [0.15, 0.2) is 17.5 Å². The smallest absolute Gasteiger partial charge is 0.252 e. The molecule has 3 heterocycles. The van der Waals surface area contributed by atoms with Gasteiger partial charge in [-0.1, -0.05) is 6.92 Å². The molecule has 2 aromatic rings. The van der Waals surface area contributed by atoms with Crippen LogP contribution < -0.4 is 5.32 Å². The molecule has 0 fully saturated rings. The maximum atomic E-state index is 12.1. The van der Waals surface area contributed by atoms with Gasteiger partial charge < -0.3 is 5.32 Å². The van der Waals surface area contributed by atoms with Crippen LogP contribution in [0.1, 0.15) is 33.5 Å². The monoisotopic (exact) mass is 368 g/mol. The van der Waals surface area contributed by atoms with Crippen LogP contribution in [0.4, 0.5) is 0 Å². The number of nitrogens with zero attached hydrogens (tertiary/aromatic N) is 3. The van der Waals surface area contributed by atoms with Crippen molar-refractivity contribution >= 4 is 27.3 Å². The van der Waals surface area contributed by atoms with Crippen LogP contribution in [-0.4, -0.2) is 41.2 Å². The summed E-state index contributed by atoms with van der Waals surface area (Å²) in [6.45, 7) is 3.66. The molecule has 1 amide bonds. The number of nitrogens with one attached hydrogen (secondary N) is 1. The first-order valence-corrected chi connectivity index (χ1v) is 10.5. The quantitative estimate of drug-likeness (QED) is 0.860. The Labute approximate surface area is 145 Å². The van der Waals surface area contributed by atoms with E-state index in [9.17, 15) is 13.2 Å². The number of carbonyl (C=O) groups excluding carboxylic acids is 1. The van der Waals surface area contributed by atoms with Crippen molar-refractivity contribution in [1.82, 2.24) is 19.4 Å². The number of fused-ring (bicyclic) bond motifs is 1. The minimum Gasteiger partial charge on any atom is -0.346 e. The molecule has 7 nitrogen and oxygen atoms in total. The second kappa shape index (κ2) is 6.66. The molecule has 0 aromatic carbocycles. The zero-order valence-electron chi connectivity index (χ0n) is 13.7. The van der Waals surface area contributed by atoms with Gasteiger partial charge in [-0.05, 0) is 18.6 Å². The molecule has 0 unspecified atom stereocenters. The zero-order valence-corrected chi connectivity index (χ0v) is 15.3. The number of aryl methyl sites for hydroxylation is 1. The van der Waals surface area contributed by atoms with E-state index >= 15 is 0 Å². The van der Waals surface area contributed by atoms with Gasteiger partial charge in [-0.15, -0.1) is 11.3 Å². The molecule has 0 aliphatic carbocycles. The van der Waals surface area contributed by atoms with E-state index in [1.165, 1.54) is 15.4 Å². The maximum absolute atomic E-state index is 12.1. The van der Waals surface area contributed by atoms with Crippen molar-refractivity contribution in [2.75, 3.05) is 12.8 Å². The zero-order chi connectivity index (χ0) is 17.3. The predicted octanol–water partition coefficient (Wildman–Crippen LogP) is 1.21. The van der Waals surface area contributed by atoms with E-state index in [0.717, 1.165) is 17.8 Å². The summed E-state index contributed by atoms with van der Waals surface area (Å²) >= 11 is 1.58. The van der Waals surface area contributed by atoms with Gasteiger partial charge in [0.2, 0.25) is 10.0 Å². The fourth-order valence-electron chi connectivity index (χ4n) is 2.63. The van der Waals surface area contributed by atoms with Gasteiger partial charge in [-0.25, -0.2) is 8.42 Å². The molecule has 2 aromatic heterocycles. The predicted molar refractivity (Wildman–Crippen MR) is 92.3 cm³/mol. The summed E-state index contributed by atoms with van der Waals surface area (Å²) in [6, 6.07) is 3.75. The summed E-state index contributed by atoms with van der Waals surface area (Å²) in [7, 11) is -3.20. The normalized spacial score (nSPS) is 15.2. The number of rotatable bonds is 5. The molecule has 0 atom stereocenters. The van der Waals surface area contributed by atoms with E-state index in [-0.39, 0.29) is 5.91 Å². The topological polar surface area (TPSA) is 84.3 Å². The Balaban J connectivity index is 1.63. The SMILES string of the molecule is CCc1cc(C(=O)NCc2cc3n(n2)CCN(S(C)(=O)=O)C3)cs1. The van der Waals surface area contributed by atoms with Gasteiger partial charge in [0.1, 0.15) is 0 Å². The molecule has 9 heteroatoms. The molecular weight excluding hydrogens is 348 g/mol. The molecule has 24 heavy (non-hydrogen) atoms. The second-order valence-corrected chi connectivity index (χ2v) is 8.76. The summed E-state index contributed by atoms with van der Waals surface area (Å²) < 4.78 is 26.5. The molecule has 1 aliphatic rings. The summed E-state index contributed by atoms with van der Waals surface area (Å²) in [5.41, 5.74) is 2.25. The van der Waals surface area contributed by atoms with Crippen molar-refractivity contribution in [2.45, 2.75) is 33.0 Å². The average Bonchev–Trinajstić information content (AvgIpc) is 3.17. The van der Waals surface area contributed by atoms with Crippen LogP contribution in [0.5, 0.6) is 0 Å². The lowest BCUT2D eigenvalue weighted by atomic mass is 10.2. The third kappa shape index (κ3) is 3.68. The molecule has 0 saturated heterocycles. The van der Waals surface area contributed by atoms with Crippen LogP contribution in [0, 0.1) is 0 Å². The fourth-order valence-corrected chi connectivity index (χ4v) is 4.22. The van der Waals surface area contributed by atoms with Gasteiger partial charge in [0, 0.05) is 16.8 Å². The molecule has 0 radical (unpaired) electrons. The lowest BCUT2D eigenvalue weighted by molar-refractivity contribution is 0.0950. The molecule has 3 rings (SSSR count). The first-order valence-electron chi connectivity index (χ1n) is 7.73. The lowest BCUT2D eigenvalue weighted by Crippen LogP contribution is -2.37. The van der Waals surface area contributed by atoms with Gasteiger partial charge in [0.15, 0.2) is 0 Å². The number of carbonyl (C=O) groups is 1. The number of sulfonamides is 1. The number of aromatic nitrogens is 2. The molecule has 0 spiro atoms. The van der Waals surface area contributed by atoms with E-state index in [1.54, 1.807) is 11.3 Å². The highest BCUT2D eigenvalue weighted by Gasteiger charge is 2.24. The van der Waals surface area contributed by atoms with Gasteiger partial charge in [0.25, 0.3) is 5.91 Å². The van der Waals surface area contributed by atoms with Crippen LogP contribution >= 0.6 is 11.3 Å². The highest BCUT2D eigenvalue weighted by Crippen LogP contribution is 2.17. The fraction of sp³-hybridized carbons (Fsp3) is 0.467. The van der Waals surface area contributed by atoms with E-state index < -0.39 is 10.0 Å². The third-order valence-corrected chi connectivity index (χ3v) is 6.31.